The minimum atomic E-state index is -3.56. The number of sulfonamides is 1. The topological polar surface area (TPSA) is 55.2 Å². The quantitative estimate of drug-likeness (QED) is 0.835. The number of halogens is 1. The summed E-state index contributed by atoms with van der Waals surface area (Å²) in [5.74, 6) is -0.174. The second kappa shape index (κ2) is 4.97. The number of imidazole rings is 1. The molecule has 5 nitrogen and oxygen atoms in total. The molecule has 0 amide bonds. The van der Waals surface area contributed by atoms with Gasteiger partial charge in [0.15, 0.2) is 5.03 Å². The zero-order valence-corrected chi connectivity index (χ0v) is 11.4. The van der Waals surface area contributed by atoms with Gasteiger partial charge in [-0.1, -0.05) is 0 Å². The molecule has 0 saturated carbocycles. The molecule has 1 aromatic heterocycles. The number of aromatic nitrogens is 2. The summed E-state index contributed by atoms with van der Waals surface area (Å²) in [6, 6.07) is 0.165. The number of nitrogens with zero attached hydrogens (tertiary/aromatic N) is 3. The van der Waals surface area contributed by atoms with Crippen molar-refractivity contribution in [3.05, 3.63) is 12.5 Å². The van der Waals surface area contributed by atoms with Gasteiger partial charge in [-0.05, 0) is 20.3 Å². The normalized spacial score (nSPS) is 21.9. The first-order valence-corrected chi connectivity index (χ1v) is 7.48. The van der Waals surface area contributed by atoms with Crippen LogP contribution in [-0.2, 0) is 10.0 Å². The highest BCUT2D eigenvalue weighted by Gasteiger charge is 2.33. The maximum Gasteiger partial charge on any atom is 0.262 e. The second-order valence-electron chi connectivity index (χ2n) is 4.92. The van der Waals surface area contributed by atoms with Crippen LogP contribution in [0, 0.1) is 5.92 Å². The lowest BCUT2D eigenvalue weighted by Crippen LogP contribution is -2.29. The summed E-state index contributed by atoms with van der Waals surface area (Å²) in [7, 11) is -3.56. The Morgan fingerprint density at radius 3 is 2.78 bits per heavy atom. The van der Waals surface area contributed by atoms with Crippen molar-refractivity contribution in [3.63, 3.8) is 0 Å². The lowest BCUT2D eigenvalue weighted by Gasteiger charge is -2.14. The van der Waals surface area contributed by atoms with E-state index < -0.39 is 16.7 Å². The molecule has 1 aliphatic rings. The molecule has 102 valence electrons. The van der Waals surface area contributed by atoms with Crippen molar-refractivity contribution in [2.45, 2.75) is 31.3 Å². The first kappa shape index (κ1) is 13.5. The molecule has 1 fully saturated rings. The fourth-order valence-electron chi connectivity index (χ4n) is 2.01. The van der Waals surface area contributed by atoms with Crippen LogP contribution in [0.15, 0.2) is 17.6 Å². The third-order valence-electron chi connectivity index (χ3n) is 3.25. The maximum atomic E-state index is 12.5. The molecule has 1 atom stereocenters. The minimum Gasteiger partial charge on any atom is -0.334 e. The molecule has 1 aliphatic heterocycles. The van der Waals surface area contributed by atoms with Gasteiger partial charge in [0, 0.05) is 31.2 Å². The van der Waals surface area contributed by atoms with Crippen LogP contribution in [0.1, 0.15) is 26.3 Å². The van der Waals surface area contributed by atoms with Gasteiger partial charge in [0.25, 0.3) is 10.0 Å². The molecule has 2 heterocycles. The fraction of sp³-hybridized carbons (Fsp3) is 0.727. The SMILES string of the molecule is CC(C)n1cnc(S(=O)(=O)N2CCC(CF)C2)c1. The highest BCUT2D eigenvalue weighted by molar-refractivity contribution is 7.89. The van der Waals surface area contributed by atoms with Gasteiger partial charge in [0.05, 0.1) is 13.0 Å². The average Bonchev–Trinajstić information content (AvgIpc) is 2.98. The Hall–Kier alpha value is -0.950. The maximum absolute atomic E-state index is 12.5. The van der Waals surface area contributed by atoms with Gasteiger partial charge in [-0.25, -0.2) is 13.4 Å². The first-order chi connectivity index (χ1) is 8.45. The van der Waals surface area contributed by atoms with Gasteiger partial charge in [0.1, 0.15) is 0 Å². The van der Waals surface area contributed by atoms with E-state index in [9.17, 15) is 12.8 Å². The van der Waals surface area contributed by atoms with Crippen molar-refractivity contribution < 1.29 is 12.8 Å². The van der Waals surface area contributed by atoms with Crippen LogP contribution in [0.25, 0.3) is 0 Å². The molecule has 1 saturated heterocycles. The van der Waals surface area contributed by atoms with Crippen LogP contribution < -0.4 is 0 Å². The molecular formula is C11H18FN3O2S. The lowest BCUT2D eigenvalue weighted by molar-refractivity contribution is 0.366. The Balaban J connectivity index is 2.20. The third kappa shape index (κ3) is 2.42. The lowest BCUT2D eigenvalue weighted by atomic mass is 10.1. The first-order valence-electron chi connectivity index (χ1n) is 6.04. The highest BCUT2D eigenvalue weighted by Crippen LogP contribution is 2.24. The molecule has 0 radical (unpaired) electrons. The van der Waals surface area contributed by atoms with Gasteiger partial charge in [-0.15, -0.1) is 0 Å². The molecule has 0 bridgehead atoms. The van der Waals surface area contributed by atoms with Gasteiger partial charge in [-0.2, -0.15) is 4.31 Å². The standard InChI is InChI=1S/C11H18FN3O2S/c1-9(2)14-7-11(13-8-14)18(16,17)15-4-3-10(5-12)6-15/h7-10H,3-6H2,1-2H3. The van der Waals surface area contributed by atoms with E-state index in [1.807, 2.05) is 13.8 Å². The minimum absolute atomic E-state index is 0.0516. The zero-order chi connectivity index (χ0) is 13.3. The number of rotatable bonds is 4. The van der Waals surface area contributed by atoms with Crippen molar-refractivity contribution in [2.24, 2.45) is 5.92 Å². The van der Waals surface area contributed by atoms with Crippen LogP contribution in [0.2, 0.25) is 0 Å². The second-order valence-corrected chi connectivity index (χ2v) is 6.81. The summed E-state index contributed by atoms with van der Waals surface area (Å²) in [6.45, 7) is 4.07. The monoisotopic (exact) mass is 275 g/mol. The Kier molecular flexibility index (Phi) is 3.72. The van der Waals surface area contributed by atoms with E-state index in [4.69, 9.17) is 0 Å². The van der Waals surface area contributed by atoms with Crippen molar-refractivity contribution in [1.29, 1.82) is 0 Å². The van der Waals surface area contributed by atoms with E-state index in [1.54, 1.807) is 4.57 Å². The zero-order valence-electron chi connectivity index (χ0n) is 10.6. The summed E-state index contributed by atoms with van der Waals surface area (Å²) in [4.78, 5) is 3.94. The largest absolute Gasteiger partial charge is 0.334 e. The average molecular weight is 275 g/mol. The van der Waals surface area contributed by atoms with E-state index >= 15 is 0 Å². The molecule has 0 N–H and O–H groups in total. The Morgan fingerprint density at radius 1 is 1.56 bits per heavy atom. The number of alkyl halides is 1. The molecule has 2 rings (SSSR count). The van der Waals surface area contributed by atoms with Crippen LogP contribution in [0.5, 0.6) is 0 Å². The molecule has 0 aliphatic carbocycles. The molecule has 0 aromatic carbocycles. The number of hydrogen-bond acceptors (Lipinski definition) is 3. The summed E-state index contributed by atoms with van der Waals surface area (Å²) < 4.78 is 40.1. The van der Waals surface area contributed by atoms with E-state index in [0.29, 0.717) is 13.0 Å². The van der Waals surface area contributed by atoms with E-state index in [1.165, 1.54) is 16.8 Å². The molecule has 18 heavy (non-hydrogen) atoms. The van der Waals surface area contributed by atoms with Crippen molar-refractivity contribution >= 4 is 10.0 Å². The molecule has 1 aromatic rings. The van der Waals surface area contributed by atoms with Crippen molar-refractivity contribution in [2.75, 3.05) is 19.8 Å². The third-order valence-corrected chi connectivity index (χ3v) is 5.00. The smallest absolute Gasteiger partial charge is 0.262 e. The predicted octanol–water partition coefficient (Wildman–Crippen LogP) is 1.44. The van der Waals surface area contributed by atoms with Gasteiger partial charge in [0.2, 0.25) is 0 Å². The van der Waals surface area contributed by atoms with Crippen LogP contribution in [0.3, 0.4) is 0 Å². The molecule has 1 unspecified atom stereocenters. The van der Waals surface area contributed by atoms with Gasteiger partial charge < -0.3 is 4.57 Å². The molecular weight excluding hydrogens is 257 g/mol. The summed E-state index contributed by atoms with van der Waals surface area (Å²) in [5, 5.41) is 0.0516. The Bertz CT molecular complexity index is 512. The molecule has 7 heteroatoms. The molecule has 0 spiro atoms. The van der Waals surface area contributed by atoms with Crippen LogP contribution >= 0.6 is 0 Å². The van der Waals surface area contributed by atoms with E-state index in [0.717, 1.165) is 0 Å². The van der Waals surface area contributed by atoms with Crippen LogP contribution in [0.4, 0.5) is 4.39 Å². The highest BCUT2D eigenvalue weighted by atomic mass is 32.2. The summed E-state index contributed by atoms with van der Waals surface area (Å²) >= 11 is 0. The van der Waals surface area contributed by atoms with Crippen molar-refractivity contribution in [3.8, 4) is 0 Å². The summed E-state index contributed by atoms with van der Waals surface area (Å²) in [5.41, 5.74) is 0. The Morgan fingerprint density at radius 2 is 2.28 bits per heavy atom. The van der Waals surface area contributed by atoms with E-state index in [-0.39, 0.29) is 23.5 Å². The number of hydrogen-bond donors (Lipinski definition) is 0. The predicted molar refractivity (Wildman–Crippen MR) is 65.5 cm³/mol. The Labute approximate surface area is 107 Å². The summed E-state index contributed by atoms with van der Waals surface area (Å²) in [6.07, 6.45) is 3.63. The van der Waals surface area contributed by atoms with Crippen molar-refractivity contribution in [1.82, 2.24) is 13.9 Å². The van der Waals surface area contributed by atoms with E-state index in [2.05, 4.69) is 4.98 Å². The van der Waals surface area contributed by atoms with Gasteiger partial charge >= 0.3 is 0 Å². The fourth-order valence-corrected chi connectivity index (χ4v) is 3.46. The van der Waals surface area contributed by atoms with Crippen LogP contribution in [-0.4, -0.2) is 42.0 Å². The van der Waals surface area contributed by atoms with Gasteiger partial charge in [-0.3, -0.25) is 4.39 Å².